The van der Waals surface area contributed by atoms with E-state index < -0.39 is 5.54 Å². The Morgan fingerprint density at radius 2 is 1.94 bits per heavy atom. The summed E-state index contributed by atoms with van der Waals surface area (Å²) in [5.74, 6) is 0.533. The number of carbonyl (C=O) groups excluding carboxylic acids is 1. The molecule has 2 aromatic heterocycles. The van der Waals surface area contributed by atoms with Gasteiger partial charge in [0.15, 0.2) is 0 Å². The molecule has 5 rings (SSSR count). The van der Waals surface area contributed by atoms with Crippen LogP contribution in [0.1, 0.15) is 34.3 Å². The molecule has 0 aliphatic heterocycles. The maximum atomic E-state index is 13.3. The number of benzene rings is 2. The first-order chi connectivity index (χ1) is 15.5. The van der Waals surface area contributed by atoms with Crippen molar-refractivity contribution in [3.63, 3.8) is 0 Å². The van der Waals surface area contributed by atoms with E-state index in [1.165, 1.54) is 6.07 Å². The molecule has 1 aliphatic rings. The van der Waals surface area contributed by atoms with Crippen LogP contribution in [0, 0.1) is 6.92 Å². The van der Waals surface area contributed by atoms with Gasteiger partial charge in [-0.3, -0.25) is 14.6 Å². The average molecular weight is 425 g/mol. The summed E-state index contributed by atoms with van der Waals surface area (Å²) in [6, 6.07) is 16.9. The highest BCUT2D eigenvalue weighted by Gasteiger charge is 2.47. The second kappa shape index (κ2) is 7.64. The molecule has 4 aromatic rings. The number of aryl methyl sites for hydroxylation is 1. The highest BCUT2D eigenvalue weighted by Crippen LogP contribution is 2.49. The van der Waals surface area contributed by atoms with E-state index in [4.69, 9.17) is 4.74 Å². The molecule has 0 spiro atoms. The van der Waals surface area contributed by atoms with Crippen molar-refractivity contribution >= 4 is 16.8 Å². The molecule has 0 saturated heterocycles. The molecule has 0 atom stereocenters. The number of hydrogen-bond acceptors (Lipinski definition) is 4. The minimum atomic E-state index is -0.452. The van der Waals surface area contributed by atoms with Gasteiger partial charge in [-0.15, -0.1) is 0 Å². The van der Waals surface area contributed by atoms with Gasteiger partial charge < -0.3 is 15.0 Å². The standard InChI is InChI=1S/C26H23N3O3/c1-16-5-7-19(32-2)14-21(16)25(31)29-26(9-10-26)22-12-18(17-6-8-24(30)28-15-17)13-23-20(22)4-3-11-27-23/h3-8,11-15H,9-10H2,1-2H3,(H,28,30)(H,29,31). The summed E-state index contributed by atoms with van der Waals surface area (Å²) < 4.78 is 5.31. The molecule has 160 valence electrons. The summed E-state index contributed by atoms with van der Waals surface area (Å²) >= 11 is 0. The smallest absolute Gasteiger partial charge is 0.252 e. The summed E-state index contributed by atoms with van der Waals surface area (Å²) in [7, 11) is 1.59. The number of nitrogens with one attached hydrogen (secondary N) is 2. The summed E-state index contributed by atoms with van der Waals surface area (Å²) in [4.78, 5) is 32.1. The molecule has 1 aliphatic carbocycles. The quantitative estimate of drug-likeness (QED) is 0.499. The number of rotatable bonds is 5. The Balaban J connectivity index is 1.58. The molecule has 6 heteroatoms. The molecule has 0 unspecified atom stereocenters. The molecular formula is C26H23N3O3. The zero-order valence-corrected chi connectivity index (χ0v) is 17.9. The number of fused-ring (bicyclic) bond motifs is 1. The minimum absolute atomic E-state index is 0.120. The third-order valence-electron chi connectivity index (χ3n) is 6.15. The monoisotopic (exact) mass is 425 g/mol. The first kappa shape index (κ1) is 20.0. The van der Waals surface area contributed by atoms with E-state index in [9.17, 15) is 9.59 Å². The van der Waals surface area contributed by atoms with Gasteiger partial charge in [0.1, 0.15) is 5.75 Å². The van der Waals surface area contributed by atoms with Crippen molar-refractivity contribution in [2.75, 3.05) is 7.11 Å². The second-order valence-corrected chi connectivity index (χ2v) is 8.25. The Labute approximate surface area is 185 Å². The average Bonchev–Trinajstić information content (AvgIpc) is 3.59. The van der Waals surface area contributed by atoms with Crippen molar-refractivity contribution in [3.8, 4) is 16.9 Å². The molecular weight excluding hydrogens is 402 g/mol. The molecule has 6 nitrogen and oxygen atoms in total. The van der Waals surface area contributed by atoms with Crippen molar-refractivity contribution in [1.29, 1.82) is 0 Å². The van der Waals surface area contributed by atoms with Gasteiger partial charge in [-0.25, -0.2) is 0 Å². The molecule has 1 saturated carbocycles. The normalized spacial score (nSPS) is 14.2. The lowest BCUT2D eigenvalue weighted by molar-refractivity contribution is 0.0930. The van der Waals surface area contributed by atoms with Gasteiger partial charge in [0.05, 0.1) is 18.2 Å². The second-order valence-electron chi connectivity index (χ2n) is 8.25. The minimum Gasteiger partial charge on any atom is -0.497 e. The number of amides is 1. The van der Waals surface area contributed by atoms with Crippen molar-refractivity contribution in [1.82, 2.24) is 15.3 Å². The van der Waals surface area contributed by atoms with E-state index in [0.717, 1.165) is 46.0 Å². The number of hydrogen-bond donors (Lipinski definition) is 2. The van der Waals surface area contributed by atoms with E-state index in [-0.39, 0.29) is 11.5 Å². The van der Waals surface area contributed by atoms with E-state index >= 15 is 0 Å². The molecule has 2 N–H and O–H groups in total. The number of carbonyl (C=O) groups is 1. The third-order valence-corrected chi connectivity index (χ3v) is 6.15. The number of ether oxygens (including phenoxy) is 1. The lowest BCUT2D eigenvalue weighted by Crippen LogP contribution is -2.35. The van der Waals surface area contributed by atoms with E-state index in [2.05, 4.69) is 21.4 Å². The Bertz CT molecular complexity index is 1380. The zero-order chi connectivity index (χ0) is 22.3. The highest BCUT2D eigenvalue weighted by atomic mass is 16.5. The fourth-order valence-electron chi connectivity index (χ4n) is 4.18. The topological polar surface area (TPSA) is 84.1 Å². The van der Waals surface area contributed by atoms with Crippen LogP contribution < -0.4 is 15.6 Å². The Morgan fingerprint density at radius 1 is 1.09 bits per heavy atom. The molecule has 2 aromatic carbocycles. The van der Waals surface area contributed by atoms with Crippen LogP contribution in [-0.2, 0) is 5.54 Å². The van der Waals surface area contributed by atoms with Crippen LogP contribution in [0.15, 0.2) is 71.8 Å². The van der Waals surface area contributed by atoms with Crippen LogP contribution in [-0.4, -0.2) is 23.0 Å². The van der Waals surface area contributed by atoms with E-state index in [1.54, 1.807) is 31.6 Å². The predicted molar refractivity (Wildman–Crippen MR) is 124 cm³/mol. The lowest BCUT2D eigenvalue weighted by atomic mass is 9.93. The molecule has 0 bridgehead atoms. The Kier molecular flexibility index (Phi) is 4.78. The number of H-pyrrole nitrogens is 1. The fourth-order valence-corrected chi connectivity index (χ4v) is 4.18. The van der Waals surface area contributed by atoms with Crippen molar-refractivity contribution < 1.29 is 9.53 Å². The number of pyridine rings is 2. The van der Waals surface area contributed by atoms with Crippen LogP contribution >= 0.6 is 0 Å². The molecule has 2 heterocycles. The number of aromatic amines is 1. The van der Waals surface area contributed by atoms with Gasteiger partial charge in [-0.2, -0.15) is 0 Å². The van der Waals surface area contributed by atoms with Gasteiger partial charge in [-0.1, -0.05) is 12.1 Å². The summed E-state index contributed by atoms with van der Waals surface area (Å²) in [5.41, 5.74) is 4.63. The SMILES string of the molecule is COc1ccc(C)c(C(=O)NC2(c3cc(-c4ccc(=O)[nH]c4)cc4ncccc34)CC2)c1. The number of nitrogens with zero attached hydrogens (tertiary/aromatic N) is 1. The molecule has 32 heavy (non-hydrogen) atoms. The predicted octanol–water partition coefficient (Wildman–Crippen LogP) is 4.33. The number of aromatic nitrogens is 2. The van der Waals surface area contributed by atoms with E-state index in [1.807, 2.05) is 37.3 Å². The van der Waals surface area contributed by atoms with Crippen molar-refractivity contribution in [2.45, 2.75) is 25.3 Å². The van der Waals surface area contributed by atoms with Gasteiger partial charge in [0.2, 0.25) is 5.56 Å². The first-order valence-electron chi connectivity index (χ1n) is 10.5. The van der Waals surface area contributed by atoms with Crippen molar-refractivity contribution in [3.05, 3.63) is 94.0 Å². The van der Waals surface area contributed by atoms with Crippen LogP contribution in [0.4, 0.5) is 0 Å². The van der Waals surface area contributed by atoms with Crippen molar-refractivity contribution in [2.24, 2.45) is 0 Å². The third kappa shape index (κ3) is 3.54. The summed E-state index contributed by atoms with van der Waals surface area (Å²) in [6.45, 7) is 1.92. The first-order valence-corrected chi connectivity index (χ1v) is 10.5. The maximum Gasteiger partial charge on any atom is 0.252 e. The van der Waals surface area contributed by atoms with Gasteiger partial charge in [-0.05, 0) is 78.4 Å². The highest BCUT2D eigenvalue weighted by molar-refractivity contribution is 5.98. The van der Waals surface area contributed by atoms with Crippen LogP contribution in [0.3, 0.4) is 0 Å². The van der Waals surface area contributed by atoms with E-state index in [0.29, 0.717) is 11.3 Å². The van der Waals surface area contributed by atoms with Crippen LogP contribution in [0.25, 0.3) is 22.0 Å². The largest absolute Gasteiger partial charge is 0.497 e. The molecule has 1 amide bonds. The van der Waals surface area contributed by atoms with Gasteiger partial charge in [0.25, 0.3) is 5.91 Å². The van der Waals surface area contributed by atoms with Gasteiger partial charge in [0, 0.05) is 29.4 Å². The summed E-state index contributed by atoms with van der Waals surface area (Å²) in [6.07, 6.45) is 5.16. The maximum absolute atomic E-state index is 13.3. The van der Waals surface area contributed by atoms with Gasteiger partial charge >= 0.3 is 0 Å². The fraction of sp³-hybridized carbons (Fsp3) is 0.192. The molecule has 1 fully saturated rings. The summed E-state index contributed by atoms with van der Waals surface area (Å²) in [5, 5.41) is 4.31. The molecule has 0 radical (unpaired) electrons. The zero-order valence-electron chi connectivity index (χ0n) is 17.9. The Morgan fingerprint density at radius 3 is 2.66 bits per heavy atom. The van der Waals surface area contributed by atoms with Crippen LogP contribution in [0.5, 0.6) is 5.75 Å². The van der Waals surface area contributed by atoms with Crippen LogP contribution in [0.2, 0.25) is 0 Å². The number of methoxy groups -OCH3 is 1. The lowest BCUT2D eigenvalue weighted by Gasteiger charge is -2.22. The Hall–Kier alpha value is -3.93.